The first kappa shape index (κ1) is 7.68. The monoisotopic (exact) mass is 166 g/mol. The highest BCUT2D eigenvalue weighted by Crippen LogP contribution is 2.21. The molecule has 0 bridgehead atoms. The minimum Gasteiger partial charge on any atom is -0.496 e. The van der Waals surface area contributed by atoms with Gasteiger partial charge in [-0.15, -0.1) is 0 Å². The van der Waals surface area contributed by atoms with Crippen LogP contribution in [0, 0.1) is 0 Å². The number of hydrogen-bond acceptors (Lipinski definition) is 3. The van der Waals surface area contributed by atoms with E-state index in [0.29, 0.717) is 0 Å². The number of rotatable bonds is 0. The largest absolute Gasteiger partial charge is 0.496 e. The lowest BCUT2D eigenvalue weighted by Crippen LogP contribution is -2.49. The van der Waals surface area contributed by atoms with E-state index in [0.717, 1.165) is 18.8 Å². The molecular formula is C9H14N2O. The van der Waals surface area contributed by atoms with Crippen LogP contribution in [-0.2, 0) is 4.74 Å². The highest BCUT2D eigenvalue weighted by Gasteiger charge is 2.28. The number of allylic oxidation sites excluding steroid dienone is 2. The van der Waals surface area contributed by atoms with Gasteiger partial charge in [0.1, 0.15) is 5.76 Å². The smallest absolute Gasteiger partial charge is 0.120 e. The molecule has 0 spiro atoms. The van der Waals surface area contributed by atoms with Crippen LogP contribution in [0.5, 0.6) is 0 Å². The van der Waals surface area contributed by atoms with Gasteiger partial charge in [-0.2, -0.15) is 0 Å². The Morgan fingerprint density at radius 1 is 1.67 bits per heavy atom. The first-order valence-corrected chi connectivity index (χ1v) is 4.30. The summed E-state index contributed by atoms with van der Waals surface area (Å²) in [5.41, 5.74) is 7.11. The molecule has 3 nitrogen and oxygen atoms in total. The van der Waals surface area contributed by atoms with E-state index in [1.807, 2.05) is 13.1 Å². The van der Waals surface area contributed by atoms with Gasteiger partial charge in [-0.25, -0.2) is 0 Å². The summed E-state index contributed by atoms with van der Waals surface area (Å²) < 4.78 is 5.50. The van der Waals surface area contributed by atoms with Crippen LogP contribution < -0.4 is 11.1 Å². The first-order chi connectivity index (χ1) is 5.77. The molecular weight excluding hydrogens is 152 g/mol. The van der Waals surface area contributed by atoms with E-state index < -0.39 is 0 Å². The Labute approximate surface area is 72.3 Å². The van der Waals surface area contributed by atoms with Crippen LogP contribution in [0.15, 0.2) is 23.6 Å². The molecule has 0 aliphatic carbocycles. The van der Waals surface area contributed by atoms with Gasteiger partial charge in [0, 0.05) is 12.2 Å². The average molecular weight is 166 g/mol. The Bertz CT molecular complexity index is 245. The summed E-state index contributed by atoms with van der Waals surface area (Å²) in [4.78, 5) is 0. The van der Waals surface area contributed by atoms with E-state index in [-0.39, 0.29) is 12.1 Å². The summed E-state index contributed by atoms with van der Waals surface area (Å²) in [6.45, 7) is 2.79. The SMILES string of the molecule is CC1=CNC2C(=C1)OCCC2N. The summed E-state index contributed by atoms with van der Waals surface area (Å²) in [7, 11) is 0. The fraction of sp³-hybridized carbons (Fsp3) is 0.556. The zero-order valence-corrected chi connectivity index (χ0v) is 7.21. The minimum atomic E-state index is 0.189. The fourth-order valence-electron chi connectivity index (χ4n) is 1.60. The molecule has 0 radical (unpaired) electrons. The molecule has 2 aliphatic rings. The normalized spacial score (nSPS) is 33.8. The van der Waals surface area contributed by atoms with Crippen LogP contribution in [0.4, 0.5) is 0 Å². The maximum atomic E-state index is 5.92. The zero-order chi connectivity index (χ0) is 8.55. The lowest BCUT2D eigenvalue weighted by atomic mass is 9.98. The van der Waals surface area contributed by atoms with Crippen LogP contribution in [0.1, 0.15) is 13.3 Å². The van der Waals surface area contributed by atoms with Crippen LogP contribution in [0.2, 0.25) is 0 Å². The number of hydrogen-bond donors (Lipinski definition) is 2. The molecule has 3 heteroatoms. The van der Waals surface area contributed by atoms with Crippen molar-refractivity contribution in [3.8, 4) is 0 Å². The van der Waals surface area contributed by atoms with Crippen LogP contribution in [0.25, 0.3) is 0 Å². The molecule has 2 atom stereocenters. The van der Waals surface area contributed by atoms with E-state index in [1.165, 1.54) is 5.57 Å². The second-order valence-corrected chi connectivity index (χ2v) is 3.38. The summed E-state index contributed by atoms with van der Waals surface area (Å²) in [5.74, 6) is 0.994. The van der Waals surface area contributed by atoms with Gasteiger partial charge in [0.25, 0.3) is 0 Å². The minimum absolute atomic E-state index is 0.189. The Morgan fingerprint density at radius 2 is 2.50 bits per heavy atom. The molecule has 2 unspecified atom stereocenters. The summed E-state index contributed by atoms with van der Waals surface area (Å²) >= 11 is 0. The van der Waals surface area contributed by atoms with Gasteiger partial charge < -0.3 is 15.8 Å². The lowest BCUT2D eigenvalue weighted by Gasteiger charge is -2.33. The second kappa shape index (κ2) is 2.83. The molecule has 0 aromatic carbocycles. The molecule has 2 aliphatic heterocycles. The molecule has 2 rings (SSSR count). The van der Waals surface area contributed by atoms with E-state index in [4.69, 9.17) is 10.5 Å². The number of ether oxygens (including phenoxy) is 1. The highest BCUT2D eigenvalue weighted by molar-refractivity contribution is 5.28. The fourth-order valence-corrected chi connectivity index (χ4v) is 1.60. The number of fused-ring (bicyclic) bond motifs is 1. The molecule has 0 aromatic rings. The lowest BCUT2D eigenvalue weighted by molar-refractivity contribution is 0.130. The van der Waals surface area contributed by atoms with E-state index >= 15 is 0 Å². The van der Waals surface area contributed by atoms with E-state index in [1.54, 1.807) is 0 Å². The third-order valence-electron chi connectivity index (χ3n) is 2.32. The second-order valence-electron chi connectivity index (χ2n) is 3.38. The van der Waals surface area contributed by atoms with Crippen LogP contribution in [0.3, 0.4) is 0 Å². The van der Waals surface area contributed by atoms with Crippen molar-refractivity contribution >= 4 is 0 Å². The zero-order valence-electron chi connectivity index (χ0n) is 7.21. The Kier molecular flexibility index (Phi) is 1.81. The van der Waals surface area contributed by atoms with Crippen molar-refractivity contribution in [2.45, 2.75) is 25.4 Å². The van der Waals surface area contributed by atoms with Gasteiger partial charge in [0.15, 0.2) is 0 Å². The van der Waals surface area contributed by atoms with Gasteiger partial charge in [0.05, 0.1) is 12.6 Å². The predicted octanol–water partition coefficient (Wildman–Crippen LogP) is 0.493. The quantitative estimate of drug-likeness (QED) is 0.550. The maximum Gasteiger partial charge on any atom is 0.120 e. The number of nitrogens with one attached hydrogen (secondary N) is 1. The van der Waals surface area contributed by atoms with Crippen molar-refractivity contribution in [2.24, 2.45) is 5.73 Å². The van der Waals surface area contributed by atoms with Gasteiger partial charge in [-0.3, -0.25) is 0 Å². The standard InChI is InChI=1S/C9H14N2O/c1-6-4-8-9(11-5-6)7(10)2-3-12-8/h4-5,7,9,11H,2-3,10H2,1H3. The molecule has 0 aromatic heterocycles. The summed E-state index contributed by atoms with van der Waals surface area (Å²) in [5, 5.41) is 3.24. The van der Waals surface area contributed by atoms with Crippen LogP contribution in [-0.4, -0.2) is 18.7 Å². The van der Waals surface area contributed by atoms with Crippen molar-refractivity contribution in [2.75, 3.05) is 6.61 Å². The van der Waals surface area contributed by atoms with Gasteiger partial charge in [-0.05, 0) is 25.0 Å². The Hall–Kier alpha value is -0.960. The van der Waals surface area contributed by atoms with E-state index in [2.05, 4.69) is 11.4 Å². The van der Waals surface area contributed by atoms with Gasteiger partial charge in [0.2, 0.25) is 0 Å². The molecule has 3 N–H and O–H groups in total. The molecule has 1 fully saturated rings. The Morgan fingerprint density at radius 3 is 3.33 bits per heavy atom. The topological polar surface area (TPSA) is 47.3 Å². The number of nitrogens with two attached hydrogens (primary N) is 1. The maximum absolute atomic E-state index is 5.92. The molecule has 2 heterocycles. The highest BCUT2D eigenvalue weighted by atomic mass is 16.5. The molecule has 66 valence electrons. The van der Waals surface area contributed by atoms with Crippen molar-refractivity contribution in [1.82, 2.24) is 5.32 Å². The van der Waals surface area contributed by atoms with Crippen LogP contribution >= 0.6 is 0 Å². The van der Waals surface area contributed by atoms with E-state index in [9.17, 15) is 0 Å². The molecule has 0 amide bonds. The summed E-state index contributed by atoms with van der Waals surface area (Å²) in [6.07, 6.45) is 4.98. The third-order valence-corrected chi connectivity index (χ3v) is 2.32. The summed E-state index contributed by atoms with van der Waals surface area (Å²) in [6, 6.07) is 0.386. The Balaban J connectivity index is 2.20. The van der Waals surface area contributed by atoms with Crippen molar-refractivity contribution < 1.29 is 4.74 Å². The predicted molar refractivity (Wildman–Crippen MR) is 47.3 cm³/mol. The van der Waals surface area contributed by atoms with Crippen molar-refractivity contribution in [3.63, 3.8) is 0 Å². The molecule has 1 saturated heterocycles. The molecule has 0 saturated carbocycles. The third kappa shape index (κ3) is 1.20. The van der Waals surface area contributed by atoms with Gasteiger partial charge in [-0.1, -0.05) is 0 Å². The van der Waals surface area contributed by atoms with Crippen molar-refractivity contribution in [1.29, 1.82) is 0 Å². The number of dihydropyridines is 1. The van der Waals surface area contributed by atoms with Gasteiger partial charge >= 0.3 is 0 Å². The molecule has 12 heavy (non-hydrogen) atoms. The first-order valence-electron chi connectivity index (χ1n) is 4.30. The average Bonchev–Trinajstić information content (AvgIpc) is 2.04. The van der Waals surface area contributed by atoms with Crippen molar-refractivity contribution in [3.05, 3.63) is 23.6 Å².